The van der Waals surface area contributed by atoms with Gasteiger partial charge in [-0.05, 0) is 36.8 Å². The first-order valence-corrected chi connectivity index (χ1v) is 8.26. The molecule has 5 heteroatoms. The van der Waals surface area contributed by atoms with Crippen LogP contribution in [0, 0.1) is 5.82 Å². The summed E-state index contributed by atoms with van der Waals surface area (Å²) in [5.74, 6) is 0.584. The van der Waals surface area contributed by atoms with E-state index in [9.17, 15) is 4.39 Å². The van der Waals surface area contributed by atoms with Crippen molar-refractivity contribution >= 4 is 5.57 Å². The van der Waals surface area contributed by atoms with Crippen molar-refractivity contribution < 1.29 is 9.13 Å². The van der Waals surface area contributed by atoms with E-state index in [4.69, 9.17) is 4.74 Å². The topological polar surface area (TPSA) is 39.1 Å². The SMILES string of the molecule is C=CC=C(C1=C(C)CNCCO1)c1cn(C)nc1-c1ccc(F)cc1. The van der Waals surface area contributed by atoms with Gasteiger partial charge in [0.2, 0.25) is 0 Å². The van der Waals surface area contributed by atoms with Gasteiger partial charge in [-0.25, -0.2) is 4.39 Å². The van der Waals surface area contributed by atoms with Crippen LogP contribution in [0.3, 0.4) is 0 Å². The highest BCUT2D eigenvalue weighted by atomic mass is 19.1. The fraction of sp³-hybridized carbons (Fsp3) is 0.250. The van der Waals surface area contributed by atoms with Crippen LogP contribution in [0.5, 0.6) is 0 Å². The van der Waals surface area contributed by atoms with Crippen molar-refractivity contribution in [2.24, 2.45) is 7.05 Å². The number of aromatic nitrogens is 2. The van der Waals surface area contributed by atoms with Gasteiger partial charge in [0, 0.05) is 43.0 Å². The van der Waals surface area contributed by atoms with E-state index >= 15 is 0 Å². The number of halogens is 1. The van der Waals surface area contributed by atoms with Gasteiger partial charge in [0.15, 0.2) is 0 Å². The van der Waals surface area contributed by atoms with E-state index in [0.717, 1.165) is 46.8 Å². The highest BCUT2D eigenvalue weighted by Crippen LogP contribution is 2.34. The fourth-order valence-corrected chi connectivity index (χ4v) is 2.92. The standard InChI is InChI=1S/C20H22FN3O/c1-4-5-17(20-14(2)12-22-10-11-25-20)18-13-24(3)23-19(18)15-6-8-16(21)9-7-15/h4-9,13,22H,1,10-12H2,2-3H3. The first-order valence-electron chi connectivity index (χ1n) is 8.26. The zero-order chi connectivity index (χ0) is 17.8. The number of rotatable bonds is 4. The van der Waals surface area contributed by atoms with Crippen molar-refractivity contribution in [2.45, 2.75) is 6.92 Å². The maximum Gasteiger partial charge on any atom is 0.127 e. The van der Waals surface area contributed by atoms with Gasteiger partial charge in [0.05, 0.1) is 0 Å². The summed E-state index contributed by atoms with van der Waals surface area (Å²) in [6.45, 7) is 8.08. The summed E-state index contributed by atoms with van der Waals surface area (Å²) in [4.78, 5) is 0. The number of nitrogens with zero attached hydrogens (tertiary/aromatic N) is 2. The number of aryl methyl sites for hydroxylation is 1. The zero-order valence-corrected chi connectivity index (χ0v) is 14.6. The van der Waals surface area contributed by atoms with E-state index in [1.165, 1.54) is 12.1 Å². The molecule has 1 aromatic heterocycles. The van der Waals surface area contributed by atoms with Crippen LogP contribution in [-0.4, -0.2) is 29.5 Å². The van der Waals surface area contributed by atoms with Crippen molar-refractivity contribution in [2.75, 3.05) is 19.7 Å². The molecule has 0 aliphatic carbocycles. The predicted octanol–water partition coefficient (Wildman–Crippen LogP) is 3.69. The Morgan fingerprint density at radius 3 is 2.84 bits per heavy atom. The Morgan fingerprint density at radius 2 is 2.12 bits per heavy atom. The van der Waals surface area contributed by atoms with Gasteiger partial charge in [0.1, 0.15) is 23.9 Å². The van der Waals surface area contributed by atoms with E-state index in [2.05, 4.69) is 23.9 Å². The van der Waals surface area contributed by atoms with Crippen LogP contribution < -0.4 is 5.32 Å². The molecule has 25 heavy (non-hydrogen) atoms. The van der Waals surface area contributed by atoms with Crippen molar-refractivity contribution in [1.82, 2.24) is 15.1 Å². The molecule has 1 aromatic carbocycles. The highest BCUT2D eigenvalue weighted by molar-refractivity contribution is 5.86. The molecular weight excluding hydrogens is 317 g/mol. The molecule has 130 valence electrons. The van der Waals surface area contributed by atoms with Crippen molar-refractivity contribution in [3.63, 3.8) is 0 Å². The Kier molecular flexibility index (Phi) is 5.14. The Balaban J connectivity index is 2.13. The second kappa shape index (κ2) is 7.49. The molecule has 1 aliphatic rings. The molecule has 0 bridgehead atoms. The summed E-state index contributed by atoms with van der Waals surface area (Å²) in [5.41, 5.74) is 4.64. The van der Waals surface area contributed by atoms with Gasteiger partial charge in [-0.3, -0.25) is 4.68 Å². The summed E-state index contributed by atoms with van der Waals surface area (Å²) in [7, 11) is 1.87. The van der Waals surface area contributed by atoms with Gasteiger partial charge in [-0.1, -0.05) is 18.7 Å². The molecule has 0 radical (unpaired) electrons. The van der Waals surface area contributed by atoms with Gasteiger partial charge in [0.25, 0.3) is 0 Å². The molecule has 2 aromatic rings. The van der Waals surface area contributed by atoms with Crippen LogP contribution in [0.2, 0.25) is 0 Å². The van der Waals surface area contributed by atoms with Crippen LogP contribution >= 0.6 is 0 Å². The zero-order valence-electron chi connectivity index (χ0n) is 14.6. The number of benzene rings is 1. The number of hydrogen-bond acceptors (Lipinski definition) is 3. The van der Waals surface area contributed by atoms with Crippen LogP contribution in [0.1, 0.15) is 12.5 Å². The lowest BCUT2D eigenvalue weighted by Gasteiger charge is -2.14. The molecule has 0 amide bonds. The summed E-state index contributed by atoms with van der Waals surface area (Å²) in [6, 6.07) is 6.37. The molecule has 1 aliphatic heterocycles. The Hall–Kier alpha value is -2.66. The van der Waals surface area contributed by atoms with Crippen molar-refractivity contribution in [3.05, 3.63) is 71.9 Å². The van der Waals surface area contributed by atoms with Crippen molar-refractivity contribution in [3.8, 4) is 11.3 Å². The molecule has 1 N–H and O–H groups in total. The summed E-state index contributed by atoms with van der Waals surface area (Å²) in [6.07, 6.45) is 5.64. The van der Waals surface area contributed by atoms with Gasteiger partial charge >= 0.3 is 0 Å². The molecule has 0 unspecified atom stereocenters. The van der Waals surface area contributed by atoms with Crippen LogP contribution in [0.4, 0.5) is 4.39 Å². The van der Waals surface area contributed by atoms with Crippen LogP contribution in [0.15, 0.2) is 60.5 Å². The molecule has 2 heterocycles. The second-order valence-corrected chi connectivity index (χ2v) is 6.02. The van der Waals surface area contributed by atoms with Crippen LogP contribution in [0.25, 0.3) is 16.8 Å². The third-order valence-corrected chi connectivity index (χ3v) is 4.07. The molecular formula is C20H22FN3O. The number of ether oxygens (including phenoxy) is 1. The Labute approximate surface area is 147 Å². The average Bonchev–Trinajstić information content (AvgIpc) is 2.85. The molecule has 0 saturated carbocycles. The van der Waals surface area contributed by atoms with Gasteiger partial charge < -0.3 is 10.1 Å². The lowest BCUT2D eigenvalue weighted by Crippen LogP contribution is -2.17. The van der Waals surface area contributed by atoms with E-state index < -0.39 is 0 Å². The average molecular weight is 339 g/mol. The maximum absolute atomic E-state index is 13.3. The molecule has 3 rings (SSSR count). The van der Waals surface area contributed by atoms with E-state index in [1.54, 1.807) is 22.9 Å². The smallest absolute Gasteiger partial charge is 0.127 e. The lowest BCUT2D eigenvalue weighted by molar-refractivity contribution is 0.235. The minimum atomic E-state index is -0.264. The highest BCUT2D eigenvalue weighted by Gasteiger charge is 2.21. The normalized spacial score (nSPS) is 15.7. The second-order valence-electron chi connectivity index (χ2n) is 6.02. The maximum atomic E-state index is 13.3. The first kappa shape index (κ1) is 17.2. The monoisotopic (exact) mass is 339 g/mol. The Bertz CT molecular complexity index is 831. The predicted molar refractivity (Wildman–Crippen MR) is 98.3 cm³/mol. The molecule has 0 saturated heterocycles. The van der Waals surface area contributed by atoms with E-state index in [1.807, 2.05) is 19.3 Å². The third kappa shape index (κ3) is 3.72. The summed E-state index contributed by atoms with van der Waals surface area (Å²) in [5, 5.41) is 7.92. The molecule has 4 nitrogen and oxygen atoms in total. The summed E-state index contributed by atoms with van der Waals surface area (Å²) >= 11 is 0. The fourth-order valence-electron chi connectivity index (χ4n) is 2.92. The Morgan fingerprint density at radius 1 is 1.36 bits per heavy atom. The summed E-state index contributed by atoms with van der Waals surface area (Å²) < 4.78 is 21.1. The minimum Gasteiger partial charge on any atom is -0.492 e. The van der Waals surface area contributed by atoms with E-state index in [-0.39, 0.29) is 5.82 Å². The largest absolute Gasteiger partial charge is 0.492 e. The lowest BCUT2D eigenvalue weighted by atomic mass is 9.98. The third-order valence-electron chi connectivity index (χ3n) is 4.07. The molecule has 0 spiro atoms. The number of hydrogen-bond donors (Lipinski definition) is 1. The number of nitrogens with one attached hydrogen (secondary N) is 1. The van der Waals surface area contributed by atoms with Gasteiger partial charge in [-0.15, -0.1) is 0 Å². The number of allylic oxidation sites excluding steroid dienone is 3. The quantitative estimate of drug-likeness (QED) is 0.864. The van der Waals surface area contributed by atoms with Gasteiger partial charge in [-0.2, -0.15) is 5.10 Å². The first-order chi connectivity index (χ1) is 12.1. The molecule has 0 atom stereocenters. The molecule has 0 fully saturated rings. The van der Waals surface area contributed by atoms with Crippen molar-refractivity contribution in [1.29, 1.82) is 0 Å². The van der Waals surface area contributed by atoms with Crippen LogP contribution in [-0.2, 0) is 11.8 Å². The van der Waals surface area contributed by atoms with E-state index in [0.29, 0.717) is 6.61 Å². The minimum absolute atomic E-state index is 0.264.